The summed E-state index contributed by atoms with van der Waals surface area (Å²) in [5, 5.41) is 64.5. The molecule has 12 nitrogen and oxygen atoms in total. The van der Waals surface area contributed by atoms with Crippen LogP contribution in [0.25, 0.3) is 0 Å². The topological polar surface area (TPSA) is 238 Å². The van der Waals surface area contributed by atoms with Gasteiger partial charge in [-0.15, -0.1) is 0 Å². The van der Waals surface area contributed by atoms with Crippen LogP contribution in [0.5, 0.6) is 0 Å². The third-order valence-electron chi connectivity index (χ3n) is 1.90. The summed E-state index contributed by atoms with van der Waals surface area (Å²) in [6.45, 7) is 0. The van der Waals surface area contributed by atoms with Crippen LogP contribution in [-0.2, 0) is 24.0 Å². The van der Waals surface area contributed by atoms with Crippen LogP contribution in [0.4, 0.5) is 0 Å². The normalized spacial score (nSPS) is 10.6. The second-order valence-corrected chi connectivity index (χ2v) is 3.85. The molecule has 0 radical (unpaired) electrons. The van der Waals surface area contributed by atoms with Crippen LogP contribution in [0.1, 0.15) is 19.3 Å². The fourth-order valence-corrected chi connectivity index (χ4v) is 0.932. The Morgan fingerprint density at radius 2 is 1.17 bits per heavy atom. The molecule has 0 rings (SSSR count). The molecule has 3 N–H and O–H groups in total. The minimum absolute atomic E-state index is 0. The molecule has 0 spiro atoms. The Morgan fingerprint density at radius 3 is 1.29 bits per heavy atom. The standard InChI is InChI=1S/C6H8O7.C4H6O5.2Ca/c7-3(8)1-6(13,5(11)12)2-4(9)10;5-2(4(8)9)1-3(6)7;;/h13H,1-2H2,(H,7,8)(H,9,10)(H,11,12);2,5H,1H2,(H,6,7)(H,8,9);;/q;;2*+2/p-4. The Balaban J connectivity index is -0.000000162. The predicted molar refractivity (Wildman–Crippen MR) is 64.0 cm³/mol. The Labute approximate surface area is 194 Å². The van der Waals surface area contributed by atoms with Gasteiger partial charge in [0.2, 0.25) is 0 Å². The number of hydrogen-bond acceptors (Lipinski definition) is 11. The molecule has 0 aliphatic heterocycles. The summed E-state index contributed by atoms with van der Waals surface area (Å²) in [6, 6.07) is 0. The first-order chi connectivity index (χ1) is 9.81. The Morgan fingerprint density at radius 1 is 0.833 bits per heavy atom. The average molecular weight is 402 g/mol. The summed E-state index contributed by atoms with van der Waals surface area (Å²) in [5.74, 6) is -9.08. The zero-order valence-corrected chi connectivity index (χ0v) is 16.5. The number of aliphatic hydroxyl groups is 2. The summed E-state index contributed by atoms with van der Waals surface area (Å²) in [4.78, 5) is 49.3. The summed E-state index contributed by atoms with van der Waals surface area (Å²) in [5.41, 5.74) is -2.86. The number of carboxylic acid groups (broad SMARTS) is 5. The molecule has 1 unspecified atom stereocenters. The Kier molecular flexibility index (Phi) is 19.8. The molecule has 126 valence electrons. The van der Waals surface area contributed by atoms with Gasteiger partial charge in [0.1, 0.15) is 0 Å². The predicted octanol–water partition coefficient (Wildman–Crippen LogP) is -8.44. The maximum absolute atomic E-state index is 10.3. The first kappa shape index (κ1) is 31.5. The van der Waals surface area contributed by atoms with E-state index in [0.717, 1.165) is 0 Å². The van der Waals surface area contributed by atoms with Crippen LogP contribution >= 0.6 is 0 Å². The molecule has 0 aromatic carbocycles. The van der Waals surface area contributed by atoms with Crippen molar-refractivity contribution in [1.29, 1.82) is 0 Å². The maximum atomic E-state index is 10.3. The number of hydrogen-bond donors (Lipinski definition) is 3. The number of carbonyl (C=O) groups excluding carboxylic acids is 4. The molecule has 0 heterocycles. The van der Waals surface area contributed by atoms with Crippen LogP contribution in [0, 0.1) is 0 Å². The maximum Gasteiger partial charge on any atom is 2.00 e. The summed E-state index contributed by atoms with van der Waals surface area (Å²) in [6.07, 6.45) is -5.48. The number of carbonyl (C=O) groups is 5. The van der Waals surface area contributed by atoms with Crippen molar-refractivity contribution in [1.82, 2.24) is 0 Å². The van der Waals surface area contributed by atoms with E-state index in [4.69, 9.17) is 15.3 Å². The van der Waals surface area contributed by atoms with E-state index in [9.17, 15) is 44.4 Å². The van der Waals surface area contributed by atoms with Crippen molar-refractivity contribution in [3.05, 3.63) is 0 Å². The molecule has 0 bridgehead atoms. The molecule has 0 aliphatic rings. The number of aliphatic carboxylic acids is 5. The van der Waals surface area contributed by atoms with E-state index in [1.807, 2.05) is 0 Å². The Hall–Kier alpha value is -0.211. The third-order valence-corrected chi connectivity index (χ3v) is 1.90. The summed E-state index contributed by atoms with van der Waals surface area (Å²) < 4.78 is 0. The van der Waals surface area contributed by atoms with Gasteiger partial charge in [-0.3, -0.25) is 0 Å². The monoisotopic (exact) mass is 402 g/mol. The van der Waals surface area contributed by atoms with Crippen LogP contribution < -0.4 is 20.4 Å². The quantitative estimate of drug-likeness (QED) is 0.321. The average Bonchev–Trinajstić information content (AvgIpc) is 2.25. The molecule has 0 fully saturated rings. The largest absolute Gasteiger partial charge is 2.00 e. The first-order valence-electron chi connectivity index (χ1n) is 5.26. The molecule has 0 aromatic heterocycles. The van der Waals surface area contributed by atoms with Gasteiger partial charge in [0.05, 0.1) is 12.1 Å². The third kappa shape index (κ3) is 16.6. The second-order valence-electron chi connectivity index (χ2n) is 3.85. The number of rotatable bonds is 8. The van der Waals surface area contributed by atoms with Crippen LogP contribution in [0.15, 0.2) is 0 Å². The van der Waals surface area contributed by atoms with Gasteiger partial charge >= 0.3 is 81.4 Å². The van der Waals surface area contributed by atoms with Crippen molar-refractivity contribution in [3.63, 3.8) is 0 Å². The molecule has 0 aliphatic carbocycles. The van der Waals surface area contributed by atoms with E-state index in [1.165, 1.54) is 0 Å². The number of carboxylic acids is 5. The van der Waals surface area contributed by atoms with E-state index in [-0.39, 0.29) is 75.5 Å². The molecule has 1 atom stereocenters. The van der Waals surface area contributed by atoms with E-state index in [1.54, 1.807) is 0 Å². The Bertz CT molecular complexity index is 447. The molecule has 14 heteroatoms. The molecule has 0 saturated heterocycles. The minimum atomic E-state index is -2.86. The number of aliphatic hydroxyl groups excluding tert-OH is 1. The van der Waals surface area contributed by atoms with Crippen molar-refractivity contribution in [2.75, 3.05) is 0 Å². The molecule has 0 amide bonds. The van der Waals surface area contributed by atoms with Crippen molar-refractivity contribution >= 4 is 105 Å². The van der Waals surface area contributed by atoms with Gasteiger partial charge < -0.3 is 54.9 Å². The van der Waals surface area contributed by atoms with Gasteiger partial charge in [0, 0.05) is 37.2 Å². The fraction of sp³-hybridized carbons (Fsp3) is 0.500. The fourth-order valence-electron chi connectivity index (χ4n) is 0.932. The van der Waals surface area contributed by atoms with Gasteiger partial charge in [0.15, 0.2) is 5.60 Å². The smallest absolute Gasteiger partial charge is 0.550 e. The van der Waals surface area contributed by atoms with Crippen LogP contribution in [0.3, 0.4) is 0 Å². The molecule has 0 aromatic rings. The van der Waals surface area contributed by atoms with Gasteiger partial charge in [-0.05, 0) is 0 Å². The van der Waals surface area contributed by atoms with Gasteiger partial charge in [-0.1, -0.05) is 0 Å². The minimum Gasteiger partial charge on any atom is -0.550 e. The van der Waals surface area contributed by atoms with Gasteiger partial charge in [-0.25, -0.2) is 4.79 Å². The van der Waals surface area contributed by atoms with Crippen molar-refractivity contribution in [2.45, 2.75) is 31.0 Å². The van der Waals surface area contributed by atoms with Gasteiger partial charge in [0.25, 0.3) is 0 Å². The first-order valence-corrected chi connectivity index (χ1v) is 5.26. The van der Waals surface area contributed by atoms with Crippen molar-refractivity contribution in [2.24, 2.45) is 0 Å². The van der Waals surface area contributed by atoms with E-state index in [0.29, 0.717) is 0 Å². The van der Waals surface area contributed by atoms with Gasteiger partial charge in [-0.2, -0.15) is 0 Å². The van der Waals surface area contributed by atoms with Crippen molar-refractivity contribution in [3.8, 4) is 0 Å². The molecular formula is C10H10Ca2O12. The molecule has 0 saturated carbocycles. The van der Waals surface area contributed by atoms with E-state index < -0.39 is 60.8 Å². The molecular weight excluding hydrogens is 392 g/mol. The van der Waals surface area contributed by atoms with Crippen LogP contribution in [-0.4, -0.2) is 132 Å². The second kappa shape index (κ2) is 15.1. The SMILES string of the molecule is O=C([O-])CC(O)(CC(=O)[O-])C(=O)O.O=C([O-])CC(O)C(=O)[O-].[Ca+2].[Ca+2]. The molecule has 24 heavy (non-hydrogen) atoms. The van der Waals surface area contributed by atoms with Crippen molar-refractivity contribution < 1.29 is 59.7 Å². The van der Waals surface area contributed by atoms with E-state index in [2.05, 4.69) is 0 Å². The zero-order valence-electron chi connectivity index (χ0n) is 12.1. The zero-order chi connectivity index (χ0) is 18.1. The summed E-state index contributed by atoms with van der Waals surface area (Å²) in [7, 11) is 0. The van der Waals surface area contributed by atoms with Crippen LogP contribution in [0.2, 0.25) is 0 Å². The summed E-state index contributed by atoms with van der Waals surface area (Å²) >= 11 is 0. The van der Waals surface area contributed by atoms with E-state index >= 15 is 0 Å².